The summed E-state index contributed by atoms with van der Waals surface area (Å²) in [5.74, 6) is -1.26. The van der Waals surface area contributed by atoms with Gasteiger partial charge in [-0.05, 0) is 19.2 Å². The molecule has 3 nitrogen and oxygen atoms in total. The van der Waals surface area contributed by atoms with E-state index >= 15 is 0 Å². The fraction of sp³-hybridized carbons (Fsp3) is 0.286. The summed E-state index contributed by atoms with van der Waals surface area (Å²) in [7, 11) is 1.87. The molecule has 0 saturated carbocycles. The molecule has 2 aromatic heterocycles. The number of aromatic nitrogens is 2. The molecule has 0 aromatic carbocycles. The average Bonchev–Trinajstić information content (AvgIpc) is 2.41. The molecule has 0 unspecified atom stereocenters. The van der Waals surface area contributed by atoms with Gasteiger partial charge in [-0.2, -0.15) is 0 Å². The molecule has 2 rings (SSSR count). The first kappa shape index (κ1) is 13.5. The second-order valence-electron chi connectivity index (χ2n) is 4.39. The Morgan fingerprint density at radius 2 is 2.05 bits per heavy atom. The van der Waals surface area contributed by atoms with Crippen molar-refractivity contribution in [2.75, 3.05) is 13.6 Å². The maximum Gasteiger partial charge on any atom is 0.148 e. The molecule has 0 aliphatic heterocycles. The number of halogens is 2. The van der Waals surface area contributed by atoms with Gasteiger partial charge in [0.15, 0.2) is 0 Å². The Morgan fingerprint density at radius 3 is 2.74 bits per heavy atom. The molecule has 5 heteroatoms. The van der Waals surface area contributed by atoms with Gasteiger partial charge in [-0.15, -0.1) is 0 Å². The van der Waals surface area contributed by atoms with Gasteiger partial charge in [-0.3, -0.25) is 9.97 Å². The summed E-state index contributed by atoms with van der Waals surface area (Å²) in [4.78, 5) is 9.91. The van der Waals surface area contributed by atoms with Crippen LogP contribution in [0.2, 0.25) is 0 Å². The summed E-state index contributed by atoms with van der Waals surface area (Å²) in [5, 5.41) is 0. The molecule has 0 spiro atoms. The highest BCUT2D eigenvalue weighted by molar-refractivity contribution is 5.08. The largest absolute Gasteiger partial charge is 0.300 e. The molecule has 0 bridgehead atoms. The van der Waals surface area contributed by atoms with Crippen LogP contribution in [-0.4, -0.2) is 28.5 Å². The van der Waals surface area contributed by atoms with Crippen LogP contribution in [0.5, 0.6) is 0 Å². The number of likely N-dealkylation sites (N-methyl/N-ethyl adjacent to an activating group) is 1. The van der Waals surface area contributed by atoms with Crippen LogP contribution in [-0.2, 0) is 13.0 Å². The van der Waals surface area contributed by atoms with Gasteiger partial charge in [0.25, 0.3) is 0 Å². The third-order valence-corrected chi connectivity index (χ3v) is 2.78. The number of hydrogen-bond donors (Lipinski definition) is 0. The standard InChI is InChI=1S/C14H15F2N3/c1-19(7-5-12-4-2-3-6-17-12)10-14-13(16)8-11(15)9-18-14/h2-4,6,8-9H,5,7,10H2,1H3. The summed E-state index contributed by atoms with van der Waals surface area (Å²) in [6, 6.07) is 6.61. The molecule has 2 aromatic rings. The molecule has 0 atom stereocenters. The summed E-state index contributed by atoms with van der Waals surface area (Å²) in [6.45, 7) is 1.08. The lowest BCUT2D eigenvalue weighted by Gasteiger charge is -2.16. The molecular weight excluding hydrogens is 248 g/mol. The SMILES string of the molecule is CN(CCc1ccccn1)Cc1ncc(F)cc1F. The lowest BCUT2D eigenvalue weighted by molar-refractivity contribution is 0.318. The van der Waals surface area contributed by atoms with Crippen LogP contribution in [0.15, 0.2) is 36.7 Å². The van der Waals surface area contributed by atoms with Crippen molar-refractivity contribution in [1.82, 2.24) is 14.9 Å². The predicted molar refractivity (Wildman–Crippen MR) is 68.4 cm³/mol. The molecule has 0 aliphatic carbocycles. The van der Waals surface area contributed by atoms with Crippen LogP contribution >= 0.6 is 0 Å². The van der Waals surface area contributed by atoms with E-state index in [0.717, 1.165) is 30.9 Å². The highest BCUT2D eigenvalue weighted by atomic mass is 19.1. The molecule has 0 saturated heterocycles. The van der Waals surface area contributed by atoms with E-state index in [0.29, 0.717) is 6.54 Å². The maximum atomic E-state index is 13.4. The van der Waals surface area contributed by atoms with Crippen LogP contribution in [0.4, 0.5) is 8.78 Å². The van der Waals surface area contributed by atoms with E-state index in [4.69, 9.17) is 0 Å². The van der Waals surface area contributed by atoms with Crippen molar-refractivity contribution in [3.05, 3.63) is 59.7 Å². The predicted octanol–water partition coefficient (Wildman–Crippen LogP) is 2.43. The Hall–Kier alpha value is -1.88. The van der Waals surface area contributed by atoms with E-state index < -0.39 is 11.6 Å². The number of hydrogen-bond acceptors (Lipinski definition) is 3. The first-order valence-corrected chi connectivity index (χ1v) is 6.03. The Balaban J connectivity index is 1.89. The topological polar surface area (TPSA) is 29.0 Å². The van der Waals surface area contributed by atoms with Gasteiger partial charge in [-0.25, -0.2) is 8.78 Å². The molecule has 19 heavy (non-hydrogen) atoms. The highest BCUT2D eigenvalue weighted by Gasteiger charge is 2.08. The lowest BCUT2D eigenvalue weighted by atomic mass is 10.2. The van der Waals surface area contributed by atoms with Gasteiger partial charge < -0.3 is 4.90 Å². The Bertz CT molecular complexity index is 531. The summed E-state index contributed by atoms with van der Waals surface area (Å²) >= 11 is 0. The molecular formula is C14H15F2N3. The normalized spacial score (nSPS) is 10.9. The van der Waals surface area contributed by atoms with Crippen molar-refractivity contribution < 1.29 is 8.78 Å². The summed E-state index contributed by atoms with van der Waals surface area (Å²) in [6.07, 6.45) is 3.56. The minimum atomic E-state index is -0.655. The molecule has 0 radical (unpaired) electrons. The first-order chi connectivity index (χ1) is 9.15. The molecule has 0 fully saturated rings. The highest BCUT2D eigenvalue weighted by Crippen LogP contribution is 2.08. The Morgan fingerprint density at radius 1 is 1.21 bits per heavy atom. The van der Waals surface area contributed by atoms with Gasteiger partial charge in [0.2, 0.25) is 0 Å². The minimum absolute atomic E-state index is 0.255. The number of rotatable bonds is 5. The van der Waals surface area contributed by atoms with Gasteiger partial charge in [-0.1, -0.05) is 6.07 Å². The van der Waals surface area contributed by atoms with Gasteiger partial charge in [0, 0.05) is 37.5 Å². The van der Waals surface area contributed by atoms with E-state index in [2.05, 4.69) is 9.97 Å². The van der Waals surface area contributed by atoms with Gasteiger partial charge >= 0.3 is 0 Å². The zero-order valence-electron chi connectivity index (χ0n) is 10.7. The monoisotopic (exact) mass is 263 g/mol. The third-order valence-electron chi connectivity index (χ3n) is 2.78. The number of nitrogens with zero attached hydrogens (tertiary/aromatic N) is 3. The van der Waals surface area contributed by atoms with Crippen molar-refractivity contribution in [3.8, 4) is 0 Å². The first-order valence-electron chi connectivity index (χ1n) is 6.03. The second kappa shape index (κ2) is 6.33. The molecule has 0 aliphatic rings. The molecule has 2 heterocycles. The fourth-order valence-electron chi connectivity index (χ4n) is 1.75. The van der Waals surface area contributed by atoms with Crippen molar-refractivity contribution in [1.29, 1.82) is 0 Å². The number of pyridine rings is 2. The van der Waals surface area contributed by atoms with Crippen LogP contribution in [0.25, 0.3) is 0 Å². The average molecular weight is 263 g/mol. The lowest BCUT2D eigenvalue weighted by Crippen LogP contribution is -2.22. The van der Waals surface area contributed by atoms with Crippen molar-refractivity contribution in [2.24, 2.45) is 0 Å². The van der Waals surface area contributed by atoms with Crippen molar-refractivity contribution >= 4 is 0 Å². The molecule has 100 valence electrons. The molecule has 0 N–H and O–H groups in total. The Kier molecular flexibility index (Phi) is 4.52. The third kappa shape index (κ3) is 4.06. The van der Waals surface area contributed by atoms with Crippen molar-refractivity contribution in [2.45, 2.75) is 13.0 Å². The quantitative estimate of drug-likeness (QED) is 0.829. The van der Waals surface area contributed by atoms with E-state index in [1.54, 1.807) is 6.20 Å². The smallest absolute Gasteiger partial charge is 0.148 e. The molecule has 0 amide bonds. The minimum Gasteiger partial charge on any atom is -0.300 e. The van der Waals surface area contributed by atoms with Crippen LogP contribution in [0.3, 0.4) is 0 Å². The van der Waals surface area contributed by atoms with Gasteiger partial charge in [0.1, 0.15) is 11.6 Å². The van der Waals surface area contributed by atoms with E-state index in [1.165, 1.54) is 0 Å². The van der Waals surface area contributed by atoms with Crippen LogP contribution < -0.4 is 0 Å². The zero-order chi connectivity index (χ0) is 13.7. The summed E-state index contributed by atoms with van der Waals surface area (Å²) < 4.78 is 26.2. The summed E-state index contributed by atoms with van der Waals surface area (Å²) in [5.41, 5.74) is 1.24. The Labute approximate surface area is 110 Å². The fourth-order valence-corrected chi connectivity index (χ4v) is 1.75. The maximum absolute atomic E-state index is 13.4. The van der Waals surface area contributed by atoms with E-state index in [9.17, 15) is 8.78 Å². The van der Waals surface area contributed by atoms with E-state index in [-0.39, 0.29) is 5.69 Å². The zero-order valence-corrected chi connectivity index (χ0v) is 10.7. The second-order valence-corrected chi connectivity index (χ2v) is 4.39. The van der Waals surface area contributed by atoms with E-state index in [1.807, 2.05) is 30.1 Å². The van der Waals surface area contributed by atoms with Crippen molar-refractivity contribution in [3.63, 3.8) is 0 Å². The van der Waals surface area contributed by atoms with Crippen LogP contribution in [0, 0.1) is 11.6 Å². The van der Waals surface area contributed by atoms with Gasteiger partial charge in [0.05, 0.1) is 11.9 Å². The van der Waals surface area contributed by atoms with Crippen LogP contribution in [0.1, 0.15) is 11.4 Å².